The van der Waals surface area contributed by atoms with Crippen LogP contribution >= 0.6 is 0 Å². The molecule has 1 fully saturated rings. The molecule has 0 saturated carbocycles. The zero-order chi connectivity index (χ0) is 13.2. The van der Waals surface area contributed by atoms with Crippen molar-refractivity contribution in [2.24, 2.45) is 5.73 Å². The summed E-state index contributed by atoms with van der Waals surface area (Å²) in [5.41, 5.74) is 8.89. The van der Waals surface area contributed by atoms with Crippen LogP contribution in [-0.4, -0.2) is 36.7 Å². The smallest absolute Gasteiger partial charge is 0.0645 e. The van der Waals surface area contributed by atoms with Crippen molar-refractivity contribution >= 4 is 0 Å². The van der Waals surface area contributed by atoms with Crippen molar-refractivity contribution in [3.05, 3.63) is 35.4 Å². The van der Waals surface area contributed by atoms with Gasteiger partial charge < -0.3 is 10.5 Å². The first-order valence-corrected chi connectivity index (χ1v) is 6.64. The standard InChI is InChI=1S/C15H24N2O/c1-12-4-6-13(7-5-12)14(16)10-17-8-9-18-11-15(17,2)3/h4-7,14H,8-11,16H2,1-3H3. The van der Waals surface area contributed by atoms with Crippen molar-refractivity contribution in [3.63, 3.8) is 0 Å². The molecule has 0 amide bonds. The number of nitrogens with two attached hydrogens (primary N) is 1. The molecule has 1 aromatic carbocycles. The van der Waals surface area contributed by atoms with Crippen LogP contribution in [0.25, 0.3) is 0 Å². The zero-order valence-corrected chi connectivity index (χ0v) is 11.6. The predicted molar refractivity (Wildman–Crippen MR) is 74.6 cm³/mol. The van der Waals surface area contributed by atoms with E-state index in [2.05, 4.69) is 49.9 Å². The highest BCUT2D eigenvalue weighted by molar-refractivity contribution is 5.24. The highest BCUT2D eigenvalue weighted by Crippen LogP contribution is 2.22. The van der Waals surface area contributed by atoms with Crippen LogP contribution in [0.2, 0.25) is 0 Å². The van der Waals surface area contributed by atoms with E-state index in [-0.39, 0.29) is 11.6 Å². The lowest BCUT2D eigenvalue weighted by atomic mass is 9.99. The van der Waals surface area contributed by atoms with Crippen molar-refractivity contribution in [1.82, 2.24) is 4.90 Å². The van der Waals surface area contributed by atoms with Gasteiger partial charge in [-0.3, -0.25) is 4.90 Å². The van der Waals surface area contributed by atoms with Gasteiger partial charge in [0.2, 0.25) is 0 Å². The summed E-state index contributed by atoms with van der Waals surface area (Å²) >= 11 is 0. The third kappa shape index (κ3) is 3.10. The number of rotatable bonds is 3. The van der Waals surface area contributed by atoms with Crippen molar-refractivity contribution in [1.29, 1.82) is 0 Å². The van der Waals surface area contributed by atoms with Gasteiger partial charge in [0.05, 0.1) is 13.2 Å². The number of ether oxygens (including phenoxy) is 1. The van der Waals surface area contributed by atoms with Crippen LogP contribution < -0.4 is 5.73 Å². The third-order valence-corrected chi connectivity index (χ3v) is 3.74. The van der Waals surface area contributed by atoms with Gasteiger partial charge in [-0.05, 0) is 26.3 Å². The lowest BCUT2D eigenvalue weighted by molar-refractivity contribution is -0.0531. The first kappa shape index (κ1) is 13.5. The summed E-state index contributed by atoms with van der Waals surface area (Å²) in [5, 5.41) is 0. The van der Waals surface area contributed by atoms with E-state index < -0.39 is 0 Å². The van der Waals surface area contributed by atoms with Crippen molar-refractivity contribution in [3.8, 4) is 0 Å². The number of hydrogen-bond acceptors (Lipinski definition) is 3. The number of aryl methyl sites for hydroxylation is 1. The highest BCUT2D eigenvalue weighted by Gasteiger charge is 2.31. The molecule has 1 aromatic rings. The number of hydrogen-bond donors (Lipinski definition) is 1. The first-order valence-electron chi connectivity index (χ1n) is 6.64. The van der Waals surface area contributed by atoms with Crippen molar-refractivity contribution in [2.75, 3.05) is 26.3 Å². The molecule has 0 spiro atoms. The third-order valence-electron chi connectivity index (χ3n) is 3.74. The lowest BCUT2D eigenvalue weighted by Gasteiger charge is -2.43. The van der Waals surface area contributed by atoms with E-state index in [1.54, 1.807) is 0 Å². The summed E-state index contributed by atoms with van der Waals surface area (Å²) in [5.74, 6) is 0. The van der Waals surface area contributed by atoms with Crippen LogP contribution in [0.3, 0.4) is 0 Å². The van der Waals surface area contributed by atoms with Gasteiger partial charge in [-0.25, -0.2) is 0 Å². The summed E-state index contributed by atoms with van der Waals surface area (Å²) in [6, 6.07) is 8.59. The summed E-state index contributed by atoms with van der Waals surface area (Å²) in [4.78, 5) is 2.43. The molecule has 1 saturated heterocycles. The normalized spacial score (nSPS) is 21.8. The van der Waals surface area contributed by atoms with Gasteiger partial charge in [0.25, 0.3) is 0 Å². The van der Waals surface area contributed by atoms with E-state index in [0.29, 0.717) is 0 Å². The van der Waals surface area contributed by atoms with E-state index >= 15 is 0 Å². The highest BCUT2D eigenvalue weighted by atomic mass is 16.5. The van der Waals surface area contributed by atoms with E-state index in [4.69, 9.17) is 10.5 Å². The number of morpholine rings is 1. The van der Waals surface area contributed by atoms with E-state index in [9.17, 15) is 0 Å². The van der Waals surface area contributed by atoms with Gasteiger partial charge in [-0.2, -0.15) is 0 Å². The lowest BCUT2D eigenvalue weighted by Crippen LogP contribution is -2.54. The van der Waals surface area contributed by atoms with Gasteiger partial charge in [-0.1, -0.05) is 29.8 Å². The number of benzene rings is 1. The molecule has 1 heterocycles. The van der Waals surface area contributed by atoms with Gasteiger partial charge in [0, 0.05) is 24.7 Å². The fourth-order valence-corrected chi connectivity index (χ4v) is 2.39. The summed E-state index contributed by atoms with van der Waals surface area (Å²) in [7, 11) is 0. The second-order valence-corrected chi connectivity index (χ2v) is 5.83. The summed E-state index contributed by atoms with van der Waals surface area (Å²) in [6.07, 6.45) is 0. The summed E-state index contributed by atoms with van der Waals surface area (Å²) < 4.78 is 5.54. The Morgan fingerprint density at radius 3 is 2.61 bits per heavy atom. The Kier molecular flexibility index (Phi) is 4.05. The molecule has 2 N–H and O–H groups in total. The Hall–Kier alpha value is -0.900. The van der Waals surface area contributed by atoms with Crippen molar-refractivity contribution < 1.29 is 4.74 Å². The zero-order valence-electron chi connectivity index (χ0n) is 11.6. The molecule has 1 aliphatic heterocycles. The molecule has 1 atom stereocenters. The Balaban J connectivity index is 2.02. The minimum atomic E-state index is 0.0722. The average molecular weight is 248 g/mol. The van der Waals surface area contributed by atoms with Crippen molar-refractivity contribution in [2.45, 2.75) is 32.4 Å². The molecule has 0 aliphatic carbocycles. The quantitative estimate of drug-likeness (QED) is 0.890. The van der Waals surface area contributed by atoms with Gasteiger partial charge in [-0.15, -0.1) is 0 Å². The van der Waals surface area contributed by atoms with Gasteiger partial charge >= 0.3 is 0 Å². The molecule has 0 radical (unpaired) electrons. The van der Waals surface area contributed by atoms with Crippen LogP contribution in [0.15, 0.2) is 24.3 Å². The maximum atomic E-state index is 6.31. The molecule has 0 aromatic heterocycles. The minimum Gasteiger partial charge on any atom is -0.378 e. The van der Waals surface area contributed by atoms with Gasteiger partial charge in [0.15, 0.2) is 0 Å². The second-order valence-electron chi connectivity index (χ2n) is 5.83. The fraction of sp³-hybridized carbons (Fsp3) is 0.600. The fourth-order valence-electron chi connectivity index (χ4n) is 2.39. The molecule has 0 bridgehead atoms. The van der Waals surface area contributed by atoms with Gasteiger partial charge in [0.1, 0.15) is 0 Å². The molecule has 1 unspecified atom stereocenters. The summed E-state index contributed by atoms with van der Waals surface area (Å²) in [6.45, 7) is 9.98. The van der Waals surface area contributed by atoms with E-state index in [1.165, 1.54) is 11.1 Å². The number of nitrogens with zero attached hydrogens (tertiary/aromatic N) is 1. The van der Waals surface area contributed by atoms with Crippen LogP contribution in [0.5, 0.6) is 0 Å². The first-order chi connectivity index (χ1) is 8.49. The second kappa shape index (κ2) is 5.39. The molecule has 3 heteroatoms. The van der Waals surface area contributed by atoms with E-state index in [0.717, 1.165) is 26.3 Å². The molecular weight excluding hydrogens is 224 g/mol. The minimum absolute atomic E-state index is 0.0722. The monoisotopic (exact) mass is 248 g/mol. The maximum Gasteiger partial charge on any atom is 0.0645 e. The largest absolute Gasteiger partial charge is 0.378 e. The SMILES string of the molecule is Cc1ccc(C(N)CN2CCOCC2(C)C)cc1. The van der Waals surface area contributed by atoms with Crippen LogP contribution in [0, 0.1) is 6.92 Å². The topological polar surface area (TPSA) is 38.5 Å². The molecular formula is C15H24N2O. The molecule has 2 rings (SSSR count). The maximum absolute atomic E-state index is 6.31. The Morgan fingerprint density at radius 2 is 2.00 bits per heavy atom. The van der Waals surface area contributed by atoms with Crippen LogP contribution in [0.1, 0.15) is 31.0 Å². The Morgan fingerprint density at radius 1 is 1.33 bits per heavy atom. The molecule has 1 aliphatic rings. The Bertz CT molecular complexity index is 386. The van der Waals surface area contributed by atoms with Crippen LogP contribution in [-0.2, 0) is 4.74 Å². The average Bonchev–Trinajstić information content (AvgIpc) is 2.32. The molecule has 3 nitrogen and oxygen atoms in total. The van der Waals surface area contributed by atoms with Crippen LogP contribution in [0.4, 0.5) is 0 Å². The molecule has 100 valence electrons. The Labute approximate surface area is 110 Å². The molecule has 18 heavy (non-hydrogen) atoms. The predicted octanol–water partition coefficient (Wildman–Crippen LogP) is 2.11. The van der Waals surface area contributed by atoms with E-state index in [1.807, 2.05) is 0 Å².